The van der Waals surface area contributed by atoms with E-state index in [2.05, 4.69) is 21.4 Å². The molecule has 3 heterocycles. The summed E-state index contributed by atoms with van der Waals surface area (Å²) in [6.45, 7) is 1.15. The number of fused-ring (bicyclic) bond motifs is 1. The monoisotopic (exact) mass is 429 g/mol. The number of rotatable bonds is 5. The summed E-state index contributed by atoms with van der Waals surface area (Å²) < 4.78 is 5.30. The first-order valence-corrected chi connectivity index (χ1v) is 10.8. The summed E-state index contributed by atoms with van der Waals surface area (Å²) >= 11 is 0. The highest BCUT2D eigenvalue weighted by Crippen LogP contribution is 2.33. The number of nitrogens with one attached hydrogen (secondary N) is 2. The molecule has 32 heavy (non-hydrogen) atoms. The number of hydrogen-bond acceptors (Lipinski definition) is 5. The van der Waals surface area contributed by atoms with Crippen molar-refractivity contribution in [3.8, 4) is 17.2 Å². The van der Waals surface area contributed by atoms with Gasteiger partial charge in [-0.1, -0.05) is 24.3 Å². The molecule has 1 saturated heterocycles. The lowest BCUT2D eigenvalue weighted by molar-refractivity contribution is -0.137. The molecular formula is C24H23N5O3. The van der Waals surface area contributed by atoms with E-state index in [-0.39, 0.29) is 30.8 Å². The van der Waals surface area contributed by atoms with Gasteiger partial charge in [0.1, 0.15) is 17.5 Å². The number of anilines is 1. The highest BCUT2D eigenvalue weighted by Gasteiger charge is 2.30. The van der Waals surface area contributed by atoms with Gasteiger partial charge < -0.3 is 19.9 Å². The smallest absolute Gasteiger partial charge is 0.228 e. The van der Waals surface area contributed by atoms with Crippen molar-refractivity contribution in [2.24, 2.45) is 5.92 Å². The van der Waals surface area contributed by atoms with Crippen LogP contribution in [0.5, 0.6) is 0 Å². The summed E-state index contributed by atoms with van der Waals surface area (Å²) in [5.41, 5.74) is 3.51. The summed E-state index contributed by atoms with van der Waals surface area (Å²) in [5, 5.41) is 13.1. The minimum absolute atomic E-state index is 0.0157. The summed E-state index contributed by atoms with van der Waals surface area (Å²) in [6, 6.07) is 13.3. The number of nitrogens with zero attached hydrogens (tertiary/aromatic N) is 3. The van der Waals surface area contributed by atoms with Gasteiger partial charge in [0.25, 0.3) is 0 Å². The highest BCUT2D eigenvalue weighted by molar-refractivity contribution is 5.99. The zero-order valence-electron chi connectivity index (χ0n) is 17.5. The molecule has 1 saturated carbocycles. The van der Waals surface area contributed by atoms with Crippen LogP contribution >= 0.6 is 0 Å². The molecule has 0 radical (unpaired) electrons. The molecule has 0 bridgehead atoms. The predicted octanol–water partition coefficient (Wildman–Crippen LogP) is 2.87. The third-order valence-electron chi connectivity index (χ3n) is 5.95. The van der Waals surface area contributed by atoms with E-state index in [0.29, 0.717) is 24.6 Å². The van der Waals surface area contributed by atoms with Gasteiger partial charge in [-0.2, -0.15) is 5.26 Å². The maximum absolute atomic E-state index is 12.7. The molecule has 0 spiro atoms. The van der Waals surface area contributed by atoms with E-state index in [1.807, 2.05) is 42.6 Å². The first kappa shape index (κ1) is 20.2. The van der Waals surface area contributed by atoms with Crippen molar-refractivity contribution in [3.63, 3.8) is 0 Å². The molecule has 8 heteroatoms. The van der Waals surface area contributed by atoms with E-state index in [0.717, 1.165) is 34.9 Å². The van der Waals surface area contributed by atoms with E-state index >= 15 is 0 Å². The molecule has 8 nitrogen and oxygen atoms in total. The van der Waals surface area contributed by atoms with E-state index in [9.17, 15) is 14.9 Å². The standard InChI is InChI=1S/C24H23N5O3/c25-13-18-14-32-10-9-29(18)22(30)11-15-1-3-16(4-2-15)20-12-21(28-24(31)17-5-6-17)27-23-19(20)7-8-26-23/h1-4,7-8,12,17-18H,5-6,9-11,14H2,(H2,26,27,28,31). The molecule has 2 aromatic heterocycles. The second kappa shape index (κ2) is 8.44. The SMILES string of the molecule is N#CC1COCCN1C(=O)Cc1ccc(-c2cc(NC(=O)C3CC3)nc3[nH]ccc23)cc1. The van der Waals surface area contributed by atoms with Crippen LogP contribution in [0, 0.1) is 17.2 Å². The number of nitriles is 1. The molecule has 1 aliphatic carbocycles. The number of H-pyrrole nitrogens is 1. The molecule has 1 aliphatic heterocycles. The van der Waals surface area contributed by atoms with Gasteiger partial charge in [0.05, 0.1) is 25.7 Å². The van der Waals surface area contributed by atoms with Crippen molar-refractivity contribution >= 4 is 28.7 Å². The quantitative estimate of drug-likeness (QED) is 0.648. The molecule has 1 aromatic carbocycles. The Morgan fingerprint density at radius 2 is 2.06 bits per heavy atom. The van der Waals surface area contributed by atoms with Crippen LogP contribution in [0.2, 0.25) is 0 Å². The third-order valence-corrected chi connectivity index (χ3v) is 5.95. The normalized spacial score (nSPS) is 18.3. The van der Waals surface area contributed by atoms with Gasteiger partial charge in [0.15, 0.2) is 0 Å². The summed E-state index contributed by atoms with van der Waals surface area (Å²) in [5.74, 6) is 0.570. The van der Waals surface area contributed by atoms with Crippen LogP contribution < -0.4 is 5.32 Å². The van der Waals surface area contributed by atoms with Crippen molar-refractivity contribution in [2.45, 2.75) is 25.3 Å². The number of carbonyl (C=O) groups excluding carboxylic acids is 2. The Labute approximate surface area is 185 Å². The molecule has 162 valence electrons. The van der Waals surface area contributed by atoms with Crippen molar-refractivity contribution in [1.29, 1.82) is 5.26 Å². The lowest BCUT2D eigenvalue weighted by Gasteiger charge is -2.31. The van der Waals surface area contributed by atoms with E-state index in [4.69, 9.17) is 4.74 Å². The van der Waals surface area contributed by atoms with Crippen molar-refractivity contribution in [2.75, 3.05) is 25.1 Å². The Morgan fingerprint density at radius 1 is 1.25 bits per heavy atom. The van der Waals surface area contributed by atoms with Crippen molar-refractivity contribution in [3.05, 3.63) is 48.2 Å². The number of aromatic nitrogens is 2. The minimum Gasteiger partial charge on any atom is -0.376 e. The van der Waals surface area contributed by atoms with Gasteiger partial charge in [0.2, 0.25) is 11.8 Å². The first-order valence-electron chi connectivity index (χ1n) is 10.8. The average molecular weight is 429 g/mol. The van der Waals surface area contributed by atoms with Crippen LogP contribution in [0.25, 0.3) is 22.2 Å². The fourth-order valence-electron chi connectivity index (χ4n) is 4.00. The molecule has 2 aliphatic rings. The molecular weight excluding hydrogens is 406 g/mol. The van der Waals surface area contributed by atoms with Gasteiger partial charge in [-0.25, -0.2) is 4.98 Å². The molecule has 2 fully saturated rings. The zero-order valence-corrected chi connectivity index (χ0v) is 17.5. The second-order valence-electron chi connectivity index (χ2n) is 8.24. The van der Waals surface area contributed by atoms with Crippen LogP contribution in [0.1, 0.15) is 18.4 Å². The number of carbonyl (C=O) groups is 2. The van der Waals surface area contributed by atoms with Gasteiger partial charge in [-0.3, -0.25) is 9.59 Å². The summed E-state index contributed by atoms with van der Waals surface area (Å²) in [6.07, 6.45) is 3.93. The Morgan fingerprint density at radius 3 is 2.81 bits per heavy atom. The first-order chi connectivity index (χ1) is 15.6. The van der Waals surface area contributed by atoms with Crippen LogP contribution in [-0.2, 0) is 20.7 Å². The number of benzene rings is 1. The minimum atomic E-state index is -0.529. The lowest BCUT2D eigenvalue weighted by atomic mass is 10.0. The molecule has 5 rings (SSSR count). The summed E-state index contributed by atoms with van der Waals surface area (Å²) in [4.78, 5) is 34.1. The van der Waals surface area contributed by atoms with Crippen LogP contribution in [0.15, 0.2) is 42.6 Å². The number of amides is 2. The van der Waals surface area contributed by atoms with Gasteiger partial charge in [-0.05, 0) is 41.7 Å². The largest absolute Gasteiger partial charge is 0.376 e. The van der Waals surface area contributed by atoms with Crippen molar-refractivity contribution < 1.29 is 14.3 Å². The van der Waals surface area contributed by atoms with Gasteiger partial charge in [-0.15, -0.1) is 0 Å². The fraction of sp³-hybridized carbons (Fsp3) is 0.333. The van der Waals surface area contributed by atoms with Crippen molar-refractivity contribution in [1.82, 2.24) is 14.9 Å². The van der Waals surface area contributed by atoms with Crippen LogP contribution in [0.3, 0.4) is 0 Å². The Balaban J connectivity index is 1.36. The Bertz CT molecular complexity index is 1210. The lowest BCUT2D eigenvalue weighted by Crippen LogP contribution is -2.48. The zero-order chi connectivity index (χ0) is 22.1. The topological polar surface area (TPSA) is 111 Å². The van der Waals surface area contributed by atoms with E-state index in [1.54, 1.807) is 4.90 Å². The molecule has 3 aromatic rings. The number of aromatic amines is 1. The van der Waals surface area contributed by atoms with E-state index in [1.165, 1.54) is 0 Å². The molecule has 2 amide bonds. The number of ether oxygens (including phenoxy) is 1. The van der Waals surface area contributed by atoms with Crippen LogP contribution in [0.4, 0.5) is 5.82 Å². The maximum atomic E-state index is 12.7. The molecule has 2 N–H and O–H groups in total. The number of morpholine rings is 1. The Hall–Kier alpha value is -3.70. The Kier molecular flexibility index (Phi) is 5.33. The molecule has 1 unspecified atom stereocenters. The maximum Gasteiger partial charge on any atom is 0.228 e. The second-order valence-corrected chi connectivity index (χ2v) is 8.24. The van der Waals surface area contributed by atoms with Gasteiger partial charge in [0, 0.05) is 24.0 Å². The highest BCUT2D eigenvalue weighted by atomic mass is 16.5. The number of pyridine rings is 1. The van der Waals surface area contributed by atoms with E-state index < -0.39 is 6.04 Å². The number of hydrogen-bond donors (Lipinski definition) is 2. The predicted molar refractivity (Wildman–Crippen MR) is 119 cm³/mol. The third kappa shape index (κ3) is 4.07. The van der Waals surface area contributed by atoms with Gasteiger partial charge >= 0.3 is 0 Å². The van der Waals surface area contributed by atoms with Crippen LogP contribution in [-0.4, -0.2) is 52.5 Å². The average Bonchev–Trinajstić information content (AvgIpc) is 3.57. The molecule has 1 atom stereocenters. The summed E-state index contributed by atoms with van der Waals surface area (Å²) in [7, 11) is 0. The fourth-order valence-corrected chi connectivity index (χ4v) is 4.00.